The number of benzene rings is 1. The number of amides is 1. The molecule has 12 heteroatoms. The molecule has 8 nitrogen and oxygen atoms in total. The maximum absolute atomic E-state index is 13.5. The average molecular weight is 496 g/mol. The first-order chi connectivity index (χ1) is 15.4. The van der Waals surface area contributed by atoms with Crippen LogP contribution in [0.15, 0.2) is 47.8 Å². The number of nitrogens with zero attached hydrogens (tertiary/aromatic N) is 4. The average Bonchev–Trinajstić information content (AvgIpc) is 3.29. The monoisotopic (exact) mass is 495 g/mol. The number of hydrogen-bond acceptors (Lipinski definition) is 6. The molecule has 0 spiro atoms. The highest BCUT2D eigenvalue weighted by molar-refractivity contribution is 7.90. The van der Waals surface area contributed by atoms with Crippen molar-refractivity contribution in [3.05, 3.63) is 59.1 Å². The zero-order valence-electron chi connectivity index (χ0n) is 17.7. The predicted octanol–water partition coefficient (Wildman–Crippen LogP) is 3.73. The van der Waals surface area contributed by atoms with Crippen molar-refractivity contribution in [2.24, 2.45) is 0 Å². The summed E-state index contributed by atoms with van der Waals surface area (Å²) in [4.78, 5) is 22.8. The van der Waals surface area contributed by atoms with E-state index in [2.05, 4.69) is 15.3 Å². The lowest BCUT2D eigenvalue weighted by molar-refractivity contribution is 0.0257. The van der Waals surface area contributed by atoms with Gasteiger partial charge in [-0.15, -0.1) is 0 Å². The first kappa shape index (κ1) is 23.1. The van der Waals surface area contributed by atoms with E-state index in [1.54, 1.807) is 17.6 Å². The van der Waals surface area contributed by atoms with Gasteiger partial charge in [-0.25, -0.2) is 27.2 Å². The molecule has 1 N–H and O–H groups in total. The molecule has 3 aromatic rings. The van der Waals surface area contributed by atoms with E-state index in [0.29, 0.717) is 16.9 Å². The highest BCUT2D eigenvalue weighted by Crippen LogP contribution is 2.30. The fraction of sp³-hybridized carbons (Fsp3) is 0.286. The molecule has 1 saturated heterocycles. The Labute approximate surface area is 194 Å². The van der Waals surface area contributed by atoms with Gasteiger partial charge >= 0.3 is 0 Å². The second-order valence-electron chi connectivity index (χ2n) is 7.91. The minimum atomic E-state index is -3.50. The van der Waals surface area contributed by atoms with E-state index in [-0.39, 0.29) is 41.1 Å². The van der Waals surface area contributed by atoms with Crippen molar-refractivity contribution in [2.75, 3.05) is 29.6 Å². The second-order valence-corrected chi connectivity index (χ2v) is 10.4. The van der Waals surface area contributed by atoms with Crippen molar-refractivity contribution in [1.29, 1.82) is 0 Å². The number of anilines is 2. The largest absolute Gasteiger partial charge is 0.363 e. The van der Waals surface area contributed by atoms with Crippen LogP contribution in [0.3, 0.4) is 0 Å². The number of carbonyl (C=O) groups excluding carboxylic acids is 1. The van der Waals surface area contributed by atoms with E-state index < -0.39 is 21.7 Å². The number of aromatic nitrogens is 3. The molecule has 1 aliphatic heterocycles. The number of sulfone groups is 1. The van der Waals surface area contributed by atoms with Gasteiger partial charge in [0.15, 0.2) is 9.84 Å². The first-order valence-corrected chi connectivity index (χ1v) is 12.1. The van der Waals surface area contributed by atoms with E-state index in [4.69, 9.17) is 11.6 Å². The number of aryl methyl sites for hydroxylation is 1. The Bertz CT molecular complexity index is 1330. The van der Waals surface area contributed by atoms with Gasteiger partial charge in [-0.05, 0) is 31.2 Å². The third kappa shape index (κ3) is 5.14. The van der Waals surface area contributed by atoms with Gasteiger partial charge in [0.2, 0.25) is 5.95 Å². The van der Waals surface area contributed by atoms with Gasteiger partial charge in [0.1, 0.15) is 0 Å². The summed E-state index contributed by atoms with van der Waals surface area (Å²) in [6.45, 7) is 1.62. The minimum Gasteiger partial charge on any atom is -0.363 e. The molecule has 4 rings (SSSR count). The maximum Gasteiger partial charge on any atom is 0.266 e. The molecule has 0 bridgehead atoms. The van der Waals surface area contributed by atoms with Gasteiger partial charge in [0.25, 0.3) is 11.8 Å². The van der Waals surface area contributed by atoms with Gasteiger partial charge in [-0.3, -0.25) is 9.36 Å². The summed E-state index contributed by atoms with van der Waals surface area (Å²) in [7, 11) is -3.50. The van der Waals surface area contributed by atoms with Gasteiger partial charge in [-0.2, -0.15) is 0 Å². The number of nitrogens with one attached hydrogen (secondary N) is 1. The van der Waals surface area contributed by atoms with Crippen LogP contribution in [0.5, 0.6) is 0 Å². The Balaban J connectivity index is 1.53. The zero-order valence-corrected chi connectivity index (χ0v) is 19.3. The molecule has 0 atom stereocenters. The van der Waals surface area contributed by atoms with Crippen molar-refractivity contribution < 1.29 is 22.0 Å². The molecule has 1 amide bonds. The lowest BCUT2D eigenvalue weighted by atomic mass is 10.2. The molecular formula is C21H20ClF2N5O3S. The highest BCUT2D eigenvalue weighted by atomic mass is 35.5. The third-order valence-corrected chi connectivity index (χ3v) is 6.52. The standard InChI is InChI=1S/C21H20ClF2N5O3S/c1-13-5-14(19(30)27-16-6-15(22)7-18(8-16)33(2,31)32)11-29(13)20-25-9-17(10-26-20)28-4-3-21(23,24)12-28/h5-11H,3-4,12H2,1-2H3,(H,27,30). The van der Waals surface area contributed by atoms with Crippen molar-refractivity contribution in [2.45, 2.75) is 24.2 Å². The molecule has 174 valence electrons. The van der Waals surface area contributed by atoms with Crippen molar-refractivity contribution in [1.82, 2.24) is 14.5 Å². The van der Waals surface area contributed by atoms with Crippen LogP contribution in [0.1, 0.15) is 22.5 Å². The summed E-state index contributed by atoms with van der Waals surface area (Å²) in [6.07, 6.45) is 5.32. The first-order valence-electron chi connectivity index (χ1n) is 9.87. The molecule has 3 heterocycles. The molecule has 1 aliphatic rings. The number of hydrogen-bond donors (Lipinski definition) is 1. The maximum atomic E-state index is 13.5. The number of alkyl halides is 2. The van der Waals surface area contributed by atoms with Gasteiger partial charge in [0.05, 0.1) is 35.1 Å². The molecule has 0 saturated carbocycles. The van der Waals surface area contributed by atoms with Gasteiger partial charge in [0, 0.05) is 41.8 Å². The third-order valence-electron chi connectivity index (χ3n) is 5.21. The van der Waals surface area contributed by atoms with Crippen LogP contribution in [-0.4, -0.2) is 54.1 Å². The summed E-state index contributed by atoms with van der Waals surface area (Å²) >= 11 is 5.99. The van der Waals surface area contributed by atoms with Crippen molar-refractivity contribution >= 4 is 38.7 Å². The Morgan fingerprint density at radius 2 is 1.88 bits per heavy atom. The summed E-state index contributed by atoms with van der Waals surface area (Å²) in [5.41, 5.74) is 1.70. The number of halogens is 3. The molecular weight excluding hydrogens is 476 g/mol. The second kappa shape index (κ2) is 8.38. The summed E-state index contributed by atoms with van der Waals surface area (Å²) in [5.74, 6) is -2.92. The normalized spacial score (nSPS) is 15.6. The quantitative estimate of drug-likeness (QED) is 0.579. The fourth-order valence-corrected chi connectivity index (χ4v) is 4.50. The summed E-state index contributed by atoms with van der Waals surface area (Å²) < 4.78 is 52.1. The topological polar surface area (TPSA) is 97.2 Å². The van der Waals surface area contributed by atoms with E-state index in [9.17, 15) is 22.0 Å². The Morgan fingerprint density at radius 3 is 2.48 bits per heavy atom. The van der Waals surface area contributed by atoms with Crippen LogP contribution in [0.4, 0.5) is 20.2 Å². The predicted molar refractivity (Wildman–Crippen MR) is 120 cm³/mol. The van der Waals surface area contributed by atoms with Crippen molar-refractivity contribution in [3.63, 3.8) is 0 Å². The molecule has 0 aliphatic carbocycles. The molecule has 1 fully saturated rings. The van der Waals surface area contributed by atoms with E-state index >= 15 is 0 Å². The minimum absolute atomic E-state index is 0.0108. The Morgan fingerprint density at radius 1 is 1.18 bits per heavy atom. The summed E-state index contributed by atoms with van der Waals surface area (Å²) in [5, 5.41) is 2.81. The van der Waals surface area contributed by atoms with E-state index in [1.807, 2.05) is 0 Å². The zero-order chi connectivity index (χ0) is 24.0. The van der Waals surface area contributed by atoms with Gasteiger partial charge < -0.3 is 10.2 Å². The van der Waals surface area contributed by atoms with Crippen LogP contribution in [0.2, 0.25) is 5.02 Å². The highest BCUT2D eigenvalue weighted by Gasteiger charge is 2.38. The lowest BCUT2D eigenvalue weighted by Gasteiger charge is -2.17. The number of rotatable bonds is 5. The molecule has 0 radical (unpaired) electrons. The Kier molecular flexibility index (Phi) is 5.87. The molecule has 2 aromatic heterocycles. The van der Waals surface area contributed by atoms with Crippen LogP contribution in [0.25, 0.3) is 5.95 Å². The molecule has 33 heavy (non-hydrogen) atoms. The van der Waals surface area contributed by atoms with Gasteiger partial charge in [-0.1, -0.05) is 11.6 Å². The SMILES string of the molecule is Cc1cc(C(=O)Nc2cc(Cl)cc(S(C)(=O)=O)c2)cn1-c1ncc(N2CCC(F)(F)C2)cn1. The smallest absolute Gasteiger partial charge is 0.266 e. The van der Waals surface area contributed by atoms with Crippen LogP contribution >= 0.6 is 11.6 Å². The van der Waals surface area contributed by atoms with Crippen LogP contribution in [0, 0.1) is 6.92 Å². The lowest BCUT2D eigenvalue weighted by Crippen LogP contribution is -2.25. The molecule has 0 unspecified atom stereocenters. The van der Waals surface area contributed by atoms with Crippen molar-refractivity contribution in [3.8, 4) is 5.95 Å². The summed E-state index contributed by atoms with van der Waals surface area (Å²) in [6, 6.07) is 5.70. The Hall–Kier alpha value is -3.05. The van der Waals surface area contributed by atoms with Crippen LogP contribution < -0.4 is 10.2 Å². The number of carbonyl (C=O) groups is 1. The van der Waals surface area contributed by atoms with E-state index in [1.165, 1.54) is 41.7 Å². The molecule has 1 aromatic carbocycles. The van der Waals surface area contributed by atoms with E-state index in [0.717, 1.165) is 6.26 Å². The fourth-order valence-electron chi connectivity index (χ4n) is 3.52. The van der Waals surface area contributed by atoms with Crippen LogP contribution in [-0.2, 0) is 9.84 Å².